The molecule has 0 bridgehead atoms. The predicted molar refractivity (Wildman–Crippen MR) is 104 cm³/mol. The normalized spacial score (nSPS) is 10.4. The van der Waals surface area contributed by atoms with Crippen molar-refractivity contribution in [2.45, 2.75) is 12.8 Å². The van der Waals surface area contributed by atoms with Crippen LogP contribution in [-0.2, 0) is 16.0 Å². The van der Waals surface area contributed by atoms with E-state index in [0.717, 1.165) is 18.5 Å². The van der Waals surface area contributed by atoms with Gasteiger partial charge in [-0.15, -0.1) is 0 Å². The average molecular weight is 362 g/mol. The minimum Gasteiger partial charge on any atom is -0.452 e. The molecule has 0 unspecified atom stereocenters. The van der Waals surface area contributed by atoms with Crippen LogP contribution in [0.5, 0.6) is 0 Å². The summed E-state index contributed by atoms with van der Waals surface area (Å²) in [5, 5.41) is 2.77. The fourth-order valence-electron chi connectivity index (χ4n) is 2.73. The highest BCUT2D eigenvalue weighted by molar-refractivity contribution is 5.91. The molecule has 5 heteroatoms. The van der Waals surface area contributed by atoms with E-state index in [1.807, 2.05) is 53.4 Å². The third kappa shape index (κ3) is 5.57. The van der Waals surface area contributed by atoms with E-state index in [2.05, 4.69) is 17.4 Å². The first-order chi connectivity index (χ1) is 13.2. The summed E-state index contributed by atoms with van der Waals surface area (Å²) in [6, 6.07) is 21.0. The maximum Gasteiger partial charge on any atom is 0.338 e. The number of rotatable bonds is 8. The third-order valence-electron chi connectivity index (χ3n) is 4.13. The zero-order valence-electron chi connectivity index (χ0n) is 15.0. The van der Waals surface area contributed by atoms with Crippen molar-refractivity contribution in [2.75, 3.05) is 13.2 Å². The maximum atomic E-state index is 12.2. The SMILES string of the molecule is O=C(COC(=O)c1cccc(-n2cccc2)c1)NCCCc1ccccc1. The van der Waals surface area contributed by atoms with E-state index in [1.54, 1.807) is 18.2 Å². The maximum absolute atomic E-state index is 12.2. The lowest BCUT2D eigenvalue weighted by atomic mass is 10.1. The van der Waals surface area contributed by atoms with Crippen molar-refractivity contribution in [3.8, 4) is 5.69 Å². The molecular weight excluding hydrogens is 340 g/mol. The van der Waals surface area contributed by atoms with Gasteiger partial charge >= 0.3 is 5.97 Å². The third-order valence-corrected chi connectivity index (χ3v) is 4.13. The van der Waals surface area contributed by atoms with Crippen molar-refractivity contribution >= 4 is 11.9 Å². The topological polar surface area (TPSA) is 60.3 Å². The average Bonchev–Trinajstić information content (AvgIpc) is 3.25. The molecule has 2 aromatic carbocycles. The highest BCUT2D eigenvalue weighted by Crippen LogP contribution is 2.12. The van der Waals surface area contributed by atoms with Crippen LogP contribution in [0.15, 0.2) is 79.1 Å². The molecule has 0 saturated carbocycles. The number of hydrogen-bond acceptors (Lipinski definition) is 3. The Morgan fingerprint density at radius 1 is 0.926 bits per heavy atom. The zero-order chi connectivity index (χ0) is 18.9. The number of aromatic nitrogens is 1. The van der Waals surface area contributed by atoms with Crippen LogP contribution in [0.25, 0.3) is 5.69 Å². The first-order valence-corrected chi connectivity index (χ1v) is 8.93. The molecule has 0 aliphatic carbocycles. The second-order valence-corrected chi connectivity index (χ2v) is 6.16. The molecule has 3 rings (SSSR count). The molecule has 3 aromatic rings. The molecule has 0 aliphatic heterocycles. The monoisotopic (exact) mass is 362 g/mol. The molecule has 1 aromatic heterocycles. The highest BCUT2D eigenvalue weighted by Gasteiger charge is 2.11. The van der Waals surface area contributed by atoms with Gasteiger partial charge in [0.2, 0.25) is 0 Å². The number of esters is 1. The summed E-state index contributed by atoms with van der Waals surface area (Å²) in [4.78, 5) is 24.0. The number of benzene rings is 2. The molecule has 0 spiro atoms. The van der Waals surface area contributed by atoms with E-state index in [0.29, 0.717) is 12.1 Å². The van der Waals surface area contributed by atoms with E-state index in [-0.39, 0.29) is 12.5 Å². The fraction of sp³-hybridized carbons (Fsp3) is 0.182. The van der Waals surface area contributed by atoms with E-state index in [1.165, 1.54) is 5.56 Å². The molecule has 0 radical (unpaired) electrons. The summed E-state index contributed by atoms with van der Waals surface area (Å²) in [5.41, 5.74) is 2.51. The van der Waals surface area contributed by atoms with Gasteiger partial charge in [0.1, 0.15) is 0 Å². The van der Waals surface area contributed by atoms with Crippen LogP contribution in [-0.4, -0.2) is 29.6 Å². The Bertz CT molecular complexity index is 874. The Kier molecular flexibility index (Phi) is 6.41. The Balaban J connectivity index is 1.41. The van der Waals surface area contributed by atoms with Crippen molar-refractivity contribution in [2.24, 2.45) is 0 Å². The number of amides is 1. The van der Waals surface area contributed by atoms with Crippen LogP contribution in [0.4, 0.5) is 0 Å². The lowest BCUT2D eigenvalue weighted by Crippen LogP contribution is -2.29. The van der Waals surface area contributed by atoms with Crippen LogP contribution < -0.4 is 5.32 Å². The van der Waals surface area contributed by atoms with Crippen LogP contribution in [0.2, 0.25) is 0 Å². The van der Waals surface area contributed by atoms with E-state index < -0.39 is 5.97 Å². The molecule has 5 nitrogen and oxygen atoms in total. The molecule has 0 saturated heterocycles. The quantitative estimate of drug-likeness (QED) is 0.494. The van der Waals surface area contributed by atoms with Crippen molar-refractivity contribution in [3.05, 3.63) is 90.3 Å². The Hall–Kier alpha value is -3.34. The van der Waals surface area contributed by atoms with Gasteiger partial charge in [-0.2, -0.15) is 0 Å². The van der Waals surface area contributed by atoms with Gasteiger partial charge in [0.15, 0.2) is 6.61 Å². The van der Waals surface area contributed by atoms with Crippen LogP contribution in [0, 0.1) is 0 Å². The van der Waals surface area contributed by atoms with E-state index >= 15 is 0 Å². The Morgan fingerprint density at radius 3 is 2.48 bits per heavy atom. The standard InChI is InChI=1S/C22H22N2O3/c25-21(23-13-7-10-18-8-2-1-3-9-18)17-27-22(26)19-11-6-12-20(16-19)24-14-4-5-15-24/h1-6,8-9,11-12,14-16H,7,10,13,17H2,(H,23,25). The van der Waals surface area contributed by atoms with Crippen molar-refractivity contribution in [1.29, 1.82) is 0 Å². The molecule has 138 valence electrons. The van der Waals surface area contributed by atoms with Gasteiger partial charge < -0.3 is 14.6 Å². The molecule has 0 atom stereocenters. The van der Waals surface area contributed by atoms with Gasteiger partial charge in [0, 0.05) is 24.6 Å². The van der Waals surface area contributed by atoms with Crippen LogP contribution in [0.1, 0.15) is 22.3 Å². The summed E-state index contributed by atoms with van der Waals surface area (Å²) in [5.74, 6) is -0.804. The number of nitrogens with one attached hydrogen (secondary N) is 1. The van der Waals surface area contributed by atoms with Crippen molar-refractivity contribution in [3.63, 3.8) is 0 Å². The molecule has 1 N–H and O–H groups in total. The van der Waals surface area contributed by atoms with Crippen molar-refractivity contribution in [1.82, 2.24) is 9.88 Å². The number of ether oxygens (including phenoxy) is 1. The van der Waals surface area contributed by atoms with Gasteiger partial charge in [0.05, 0.1) is 5.56 Å². The lowest BCUT2D eigenvalue weighted by Gasteiger charge is -2.08. The van der Waals surface area contributed by atoms with E-state index in [4.69, 9.17) is 4.74 Å². The van der Waals surface area contributed by atoms with Gasteiger partial charge in [-0.25, -0.2) is 4.79 Å². The van der Waals surface area contributed by atoms with Gasteiger partial charge in [0.25, 0.3) is 5.91 Å². The smallest absolute Gasteiger partial charge is 0.338 e. The largest absolute Gasteiger partial charge is 0.452 e. The lowest BCUT2D eigenvalue weighted by molar-refractivity contribution is -0.124. The Morgan fingerprint density at radius 2 is 1.70 bits per heavy atom. The number of carbonyl (C=O) groups excluding carboxylic acids is 2. The second-order valence-electron chi connectivity index (χ2n) is 6.16. The molecule has 1 amide bonds. The molecule has 1 heterocycles. The number of hydrogen-bond donors (Lipinski definition) is 1. The zero-order valence-corrected chi connectivity index (χ0v) is 15.0. The van der Waals surface area contributed by atoms with Gasteiger partial charge in [-0.1, -0.05) is 36.4 Å². The van der Waals surface area contributed by atoms with Gasteiger partial charge in [-0.05, 0) is 48.7 Å². The number of nitrogens with zero attached hydrogens (tertiary/aromatic N) is 1. The predicted octanol–water partition coefficient (Wildman–Crippen LogP) is 3.38. The second kappa shape index (κ2) is 9.38. The first-order valence-electron chi connectivity index (χ1n) is 8.93. The van der Waals surface area contributed by atoms with Crippen molar-refractivity contribution < 1.29 is 14.3 Å². The van der Waals surface area contributed by atoms with Crippen LogP contribution in [0.3, 0.4) is 0 Å². The summed E-state index contributed by atoms with van der Waals surface area (Å²) >= 11 is 0. The Labute approximate surface area is 158 Å². The van der Waals surface area contributed by atoms with E-state index in [9.17, 15) is 9.59 Å². The number of carbonyl (C=O) groups is 2. The summed E-state index contributed by atoms with van der Waals surface area (Å²) in [6.07, 6.45) is 5.52. The molecule has 0 fully saturated rings. The minimum absolute atomic E-state index is 0.280. The highest BCUT2D eigenvalue weighted by atomic mass is 16.5. The fourth-order valence-corrected chi connectivity index (χ4v) is 2.73. The minimum atomic E-state index is -0.511. The molecular formula is C22H22N2O3. The summed E-state index contributed by atoms with van der Waals surface area (Å²) in [6.45, 7) is 0.270. The number of aryl methyl sites for hydroxylation is 1. The van der Waals surface area contributed by atoms with Crippen LogP contribution >= 0.6 is 0 Å². The first kappa shape index (κ1) is 18.5. The molecule has 0 aliphatic rings. The summed E-state index contributed by atoms with van der Waals surface area (Å²) < 4.78 is 7.02. The summed E-state index contributed by atoms with van der Waals surface area (Å²) in [7, 11) is 0. The van der Waals surface area contributed by atoms with Gasteiger partial charge in [-0.3, -0.25) is 4.79 Å². The molecule has 27 heavy (non-hydrogen) atoms.